The number of benzene rings is 1. The average Bonchev–Trinajstić information content (AvgIpc) is 2.75. The normalized spacial score (nSPS) is 22.9. The van der Waals surface area contributed by atoms with Gasteiger partial charge in [0.05, 0.1) is 4.92 Å². The van der Waals surface area contributed by atoms with Crippen LogP contribution < -0.4 is 5.73 Å². The topological polar surface area (TPSA) is 110 Å². The summed E-state index contributed by atoms with van der Waals surface area (Å²) in [4.78, 5) is 23.5. The second kappa shape index (κ2) is 5.18. The molecule has 7 heteroatoms. The lowest BCUT2D eigenvalue weighted by Crippen LogP contribution is -2.50. The lowest BCUT2D eigenvalue weighted by Gasteiger charge is -2.20. The molecule has 0 spiro atoms. The second-order valence-electron chi connectivity index (χ2n) is 5.24. The van der Waals surface area contributed by atoms with Gasteiger partial charge in [-0.1, -0.05) is 12.1 Å². The van der Waals surface area contributed by atoms with Crippen LogP contribution in [0.5, 0.6) is 0 Å². The van der Waals surface area contributed by atoms with Crippen molar-refractivity contribution >= 4 is 11.7 Å². The number of carboxylic acid groups (broad SMARTS) is 1. The smallest absolute Gasteiger partial charge is 0.325 e. The molecule has 1 aromatic carbocycles. The third-order valence-electron chi connectivity index (χ3n) is 3.81. The highest BCUT2D eigenvalue weighted by atomic mass is 16.6. The Labute approximate surface area is 116 Å². The molecular formula is C13H17N3O4. The van der Waals surface area contributed by atoms with Crippen molar-refractivity contribution in [2.75, 3.05) is 13.1 Å². The molecule has 1 fully saturated rings. The number of carbonyl (C=O) groups is 1. The van der Waals surface area contributed by atoms with Crippen molar-refractivity contribution in [2.45, 2.75) is 25.4 Å². The van der Waals surface area contributed by atoms with Crippen LogP contribution in [-0.4, -0.2) is 39.5 Å². The van der Waals surface area contributed by atoms with Gasteiger partial charge in [-0.25, -0.2) is 0 Å². The molecule has 1 aromatic rings. The first-order chi connectivity index (χ1) is 9.33. The number of aliphatic carboxylic acids is 1. The number of nitro groups is 1. The van der Waals surface area contributed by atoms with E-state index in [0.717, 1.165) is 5.56 Å². The van der Waals surface area contributed by atoms with Crippen molar-refractivity contribution < 1.29 is 14.8 Å². The molecule has 0 saturated carbocycles. The molecule has 1 heterocycles. The van der Waals surface area contributed by atoms with Gasteiger partial charge in [0.25, 0.3) is 5.69 Å². The van der Waals surface area contributed by atoms with Gasteiger partial charge in [0.1, 0.15) is 5.54 Å². The molecule has 20 heavy (non-hydrogen) atoms. The first-order valence-electron chi connectivity index (χ1n) is 6.31. The Hall–Kier alpha value is -1.99. The number of nitro benzene ring substituents is 1. The van der Waals surface area contributed by atoms with E-state index in [1.165, 1.54) is 6.07 Å². The van der Waals surface area contributed by atoms with Gasteiger partial charge in [-0.05, 0) is 18.9 Å². The molecule has 1 aliphatic rings. The highest BCUT2D eigenvalue weighted by molar-refractivity contribution is 5.79. The van der Waals surface area contributed by atoms with E-state index in [2.05, 4.69) is 0 Å². The number of rotatable bonds is 4. The van der Waals surface area contributed by atoms with Crippen LogP contribution in [0.1, 0.15) is 17.5 Å². The number of hydrogen-bond acceptors (Lipinski definition) is 5. The molecule has 1 unspecified atom stereocenters. The maximum absolute atomic E-state index is 11.1. The number of nitrogens with zero attached hydrogens (tertiary/aromatic N) is 2. The monoisotopic (exact) mass is 279 g/mol. The number of carboxylic acids is 1. The van der Waals surface area contributed by atoms with E-state index in [1.54, 1.807) is 13.0 Å². The summed E-state index contributed by atoms with van der Waals surface area (Å²) in [7, 11) is 0. The number of hydrogen-bond donors (Lipinski definition) is 2. The van der Waals surface area contributed by atoms with Gasteiger partial charge >= 0.3 is 5.97 Å². The zero-order valence-electron chi connectivity index (χ0n) is 11.2. The Kier molecular flexibility index (Phi) is 3.74. The van der Waals surface area contributed by atoms with Gasteiger partial charge in [-0.2, -0.15) is 0 Å². The summed E-state index contributed by atoms with van der Waals surface area (Å²) in [5.41, 5.74) is 6.12. The highest BCUT2D eigenvalue weighted by Gasteiger charge is 2.41. The van der Waals surface area contributed by atoms with Crippen molar-refractivity contribution in [1.29, 1.82) is 0 Å². The molecule has 1 aliphatic heterocycles. The van der Waals surface area contributed by atoms with E-state index in [4.69, 9.17) is 10.8 Å². The summed E-state index contributed by atoms with van der Waals surface area (Å²) in [6.45, 7) is 3.01. The van der Waals surface area contributed by atoms with Crippen LogP contribution in [0.25, 0.3) is 0 Å². The first kappa shape index (κ1) is 14.4. The summed E-state index contributed by atoms with van der Waals surface area (Å²) in [6.07, 6.45) is 0.385. The van der Waals surface area contributed by atoms with Crippen molar-refractivity contribution in [2.24, 2.45) is 5.73 Å². The molecule has 0 amide bonds. The zero-order chi connectivity index (χ0) is 14.9. The standard InChI is InChI=1S/C13H17N3O4/c1-9-10(3-2-4-11(9)16(19)20)7-15-6-5-13(14,8-15)12(17)18/h2-4H,5-8,14H2,1H3,(H,17,18). The largest absolute Gasteiger partial charge is 0.480 e. The molecule has 108 valence electrons. The van der Waals surface area contributed by atoms with E-state index in [0.29, 0.717) is 25.1 Å². The van der Waals surface area contributed by atoms with E-state index in [-0.39, 0.29) is 12.2 Å². The van der Waals surface area contributed by atoms with E-state index < -0.39 is 16.4 Å². The van der Waals surface area contributed by atoms with E-state index >= 15 is 0 Å². The Bertz CT molecular complexity index is 561. The lowest BCUT2D eigenvalue weighted by atomic mass is 10.0. The van der Waals surface area contributed by atoms with Crippen LogP contribution in [0.15, 0.2) is 18.2 Å². The summed E-state index contributed by atoms with van der Waals surface area (Å²) in [5, 5.41) is 20.0. The van der Waals surface area contributed by atoms with Crippen LogP contribution in [0.2, 0.25) is 0 Å². The van der Waals surface area contributed by atoms with E-state index in [1.807, 2.05) is 11.0 Å². The molecule has 0 aliphatic carbocycles. The highest BCUT2D eigenvalue weighted by Crippen LogP contribution is 2.25. The minimum atomic E-state index is -1.21. The molecule has 3 N–H and O–H groups in total. The third-order valence-corrected chi connectivity index (χ3v) is 3.81. The fraction of sp³-hybridized carbons (Fsp3) is 0.462. The Morgan fingerprint density at radius 3 is 2.85 bits per heavy atom. The van der Waals surface area contributed by atoms with Gasteiger partial charge in [0.2, 0.25) is 0 Å². The minimum Gasteiger partial charge on any atom is -0.480 e. The summed E-state index contributed by atoms with van der Waals surface area (Å²) in [5.74, 6) is -1.00. The van der Waals surface area contributed by atoms with Gasteiger partial charge < -0.3 is 10.8 Å². The molecule has 2 rings (SSSR count). The van der Waals surface area contributed by atoms with Crippen molar-refractivity contribution in [3.63, 3.8) is 0 Å². The van der Waals surface area contributed by atoms with Gasteiger partial charge in [-0.15, -0.1) is 0 Å². The molecular weight excluding hydrogens is 262 g/mol. The van der Waals surface area contributed by atoms with Crippen LogP contribution >= 0.6 is 0 Å². The van der Waals surface area contributed by atoms with Crippen LogP contribution in [0.3, 0.4) is 0 Å². The van der Waals surface area contributed by atoms with Gasteiger partial charge in [-0.3, -0.25) is 19.8 Å². The maximum Gasteiger partial charge on any atom is 0.325 e. The Balaban J connectivity index is 2.15. The number of nitrogens with two attached hydrogens (primary N) is 1. The minimum absolute atomic E-state index is 0.0824. The molecule has 0 aromatic heterocycles. The van der Waals surface area contributed by atoms with Crippen LogP contribution in [0, 0.1) is 17.0 Å². The quantitative estimate of drug-likeness (QED) is 0.625. The predicted octanol–water partition coefficient (Wildman–Crippen LogP) is 0.891. The molecule has 1 atom stereocenters. The van der Waals surface area contributed by atoms with Crippen molar-refractivity contribution in [3.05, 3.63) is 39.4 Å². The summed E-state index contributed by atoms with van der Waals surface area (Å²) < 4.78 is 0. The second-order valence-corrected chi connectivity index (χ2v) is 5.24. The Morgan fingerprint density at radius 2 is 2.30 bits per heavy atom. The summed E-state index contributed by atoms with van der Waals surface area (Å²) >= 11 is 0. The van der Waals surface area contributed by atoms with Gasteiger partial charge in [0.15, 0.2) is 0 Å². The number of likely N-dealkylation sites (tertiary alicyclic amines) is 1. The van der Waals surface area contributed by atoms with Gasteiger partial charge in [0, 0.05) is 31.3 Å². The fourth-order valence-corrected chi connectivity index (χ4v) is 2.50. The fourth-order valence-electron chi connectivity index (χ4n) is 2.50. The predicted molar refractivity (Wildman–Crippen MR) is 72.3 cm³/mol. The molecule has 0 radical (unpaired) electrons. The van der Waals surface area contributed by atoms with Crippen LogP contribution in [-0.2, 0) is 11.3 Å². The van der Waals surface area contributed by atoms with Crippen molar-refractivity contribution in [1.82, 2.24) is 4.90 Å². The van der Waals surface area contributed by atoms with E-state index in [9.17, 15) is 14.9 Å². The maximum atomic E-state index is 11.1. The zero-order valence-corrected chi connectivity index (χ0v) is 11.2. The molecule has 7 nitrogen and oxygen atoms in total. The average molecular weight is 279 g/mol. The van der Waals surface area contributed by atoms with Crippen molar-refractivity contribution in [3.8, 4) is 0 Å². The lowest BCUT2D eigenvalue weighted by molar-refractivity contribution is -0.385. The van der Waals surface area contributed by atoms with Crippen LogP contribution in [0.4, 0.5) is 5.69 Å². The third kappa shape index (κ3) is 2.63. The Morgan fingerprint density at radius 1 is 1.60 bits per heavy atom. The summed E-state index contributed by atoms with van der Waals surface area (Å²) in [6, 6.07) is 4.93. The first-order valence-corrected chi connectivity index (χ1v) is 6.31. The molecule has 1 saturated heterocycles. The SMILES string of the molecule is Cc1c(CN2CCC(N)(C(=O)O)C2)cccc1[N+](=O)[O-]. The molecule has 0 bridgehead atoms.